The van der Waals surface area contributed by atoms with E-state index in [1.54, 1.807) is 35.6 Å². The molecular formula is C25H22F2N2O3S2. The molecule has 9 heteroatoms. The van der Waals surface area contributed by atoms with Crippen LogP contribution in [0.2, 0.25) is 0 Å². The lowest BCUT2D eigenvalue weighted by Crippen LogP contribution is -2.20. The Kier molecular flexibility index (Phi) is 7.23. The number of hydrogen-bond donors (Lipinski definition) is 0. The number of nitrogens with zero attached hydrogens (tertiary/aromatic N) is 2. The van der Waals surface area contributed by atoms with Crippen LogP contribution < -0.4 is 0 Å². The highest BCUT2D eigenvalue weighted by Crippen LogP contribution is 2.42. The molecule has 5 nitrogen and oxygen atoms in total. The summed E-state index contributed by atoms with van der Waals surface area (Å²) in [6, 6.07) is 0. The summed E-state index contributed by atoms with van der Waals surface area (Å²) in [7, 11) is 0. The molecule has 176 valence electrons. The molecule has 0 spiro atoms. The SMILES string of the molecule is CC(=O)N1C=CSC(C2=C(C(=O)C3=C(C4=CN(C(C)=O)C=CS4)C=C(F)CC3)CCC(F)=C2)=C1. The molecule has 4 rings (SSSR count). The summed E-state index contributed by atoms with van der Waals surface area (Å²) in [5.41, 5.74) is 1.74. The minimum Gasteiger partial charge on any atom is -0.293 e. The highest BCUT2D eigenvalue weighted by molar-refractivity contribution is 8.06. The number of hydrogen-bond acceptors (Lipinski definition) is 5. The van der Waals surface area contributed by atoms with E-state index >= 15 is 0 Å². The number of Topliss-reactive ketones (excluding diaryl/α,β-unsaturated/α-hetero) is 1. The van der Waals surface area contributed by atoms with E-state index in [1.165, 1.54) is 59.3 Å². The highest BCUT2D eigenvalue weighted by atomic mass is 32.2. The third-order valence-electron chi connectivity index (χ3n) is 5.63. The van der Waals surface area contributed by atoms with Gasteiger partial charge in [-0.3, -0.25) is 24.2 Å². The maximum Gasteiger partial charge on any atom is 0.227 e. The monoisotopic (exact) mass is 500 g/mol. The van der Waals surface area contributed by atoms with Crippen LogP contribution in [-0.2, 0) is 14.4 Å². The second kappa shape index (κ2) is 10.1. The van der Waals surface area contributed by atoms with Crippen LogP contribution in [0.4, 0.5) is 8.78 Å². The number of thioether (sulfide) groups is 2. The van der Waals surface area contributed by atoms with Crippen LogP contribution in [-0.4, -0.2) is 27.4 Å². The van der Waals surface area contributed by atoms with E-state index in [2.05, 4.69) is 0 Å². The number of carbonyl (C=O) groups excluding carboxylic acids is 3. The molecule has 0 fully saturated rings. The highest BCUT2D eigenvalue weighted by Gasteiger charge is 2.30. The van der Waals surface area contributed by atoms with E-state index in [9.17, 15) is 23.2 Å². The van der Waals surface area contributed by atoms with Crippen LogP contribution in [0.15, 0.2) is 91.5 Å². The second-order valence-corrected chi connectivity index (χ2v) is 9.84. The van der Waals surface area contributed by atoms with Gasteiger partial charge in [-0.2, -0.15) is 0 Å². The van der Waals surface area contributed by atoms with E-state index in [0.29, 0.717) is 32.1 Å². The Morgan fingerprint density at radius 2 is 1.15 bits per heavy atom. The third-order valence-corrected chi connectivity index (χ3v) is 7.31. The molecule has 2 amide bonds. The van der Waals surface area contributed by atoms with Crippen LogP contribution in [0.3, 0.4) is 0 Å². The fourth-order valence-electron chi connectivity index (χ4n) is 3.88. The van der Waals surface area contributed by atoms with Gasteiger partial charge >= 0.3 is 0 Å². The molecule has 0 aromatic heterocycles. The van der Waals surface area contributed by atoms with Gasteiger partial charge in [0.15, 0.2) is 5.78 Å². The average Bonchev–Trinajstić information content (AvgIpc) is 2.83. The van der Waals surface area contributed by atoms with Crippen LogP contribution >= 0.6 is 23.5 Å². The molecule has 0 bridgehead atoms. The van der Waals surface area contributed by atoms with Gasteiger partial charge in [0.05, 0.1) is 0 Å². The van der Waals surface area contributed by atoms with Crippen molar-refractivity contribution in [3.05, 3.63) is 91.5 Å². The smallest absolute Gasteiger partial charge is 0.227 e. The molecule has 2 aliphatic heterocycles. The summed E-state index contributed by atoms with van der Waals surface area (Å²) in [5.74, 6) is -1.36. The first-order valence-electron chi connectivity index (χ1n) is 10.7. The topological polar surface area (TPSA) is 57.7 Å². The van der Waals surface area contributed by atoms with Gasteiger partial charge in [-0.25, -0.2) is 8.78 Å². The Morgan fingerprint density at radius 1 is 0.735 bits per heavy atom. The molecule has 0 saturated heterocycles. The molecule has 0 radical (unpaired) electrons. The molecule has 34 heavy (non-hydrogen) atoms. The van der Waals surface area contributed by atoms with Crippen LogP contribution in [0.25, 0.3) is 0 Å². The first-order valence-corrected chi connectivity index (χ1v) is 12.4. The molecule has 4 aliphatic rings. The first kappa shape index (κ1) is 24.2. The summed E-state index contributed by atoms with van der Waals surface area (Å²) in [6.07, 6.45) is 9.70. The Morgan fingerprint density at radius 3 is 1.53 bits per heavy atom. The standard InChI is InChI=1S/C25H22F2N2O3S2/c1-15(30)28-7-9-33-23(13-28)21-11-17(26)3-5-19(21)25(32)20-6-4-18(27)12-22(20)24-14-29(16(2)31)8-10-34-24/h7-14H,3-6H2,1-2H3. The van der Waals surface area contributed by atoms with Crippen molar-refractivity contribution in [3.63, 3.8) is 0 Å². The summed E-state index contributed by atoms with van der Waals surface area (Å²) < 4.78 is 28.6. The molecule has 0 saturated carbocycles. The molecule has 0 atom stereocenters. The van der Waals surface area contributed by atoms with Crippen molar-refractivity contribution >= 4 is 41.1 Å². The molecule has 0 unspecified atom stereocenters. The van der Waals surface area contributed by atoms with Crippen molar-refractivity contribution in [1.82, 2.24) is 9.80 Å². The fraction of sp³-hybridized carbons (Fsp3) is 0.240. The molecule has 0 N–H and O–H groups in total. The average molecular weight is 501 g/mol. The lowest BCUT2D eigenvalue weighted by Gasteiger charge is -2.25. The maximum atomic E-state index is 14.3. The van der Waals surface area contributed by atoms with Gasteiger partial charge in [0.2, 0.25) is 11.8 Å². The molecule has 0 aromatic rings. The zero-order chi connectivity index (χ0) is 24.4. The van der Waals surface area contributed by atoms with Gasteiger partial charge < -0.3 is 0 Å². The molecule has 2 aliphatic carbocycles. The van der Waals surface area contributed by atoms with Crippen molar-refractivity contribution in [2.24, 2.45) is 0 Å². The van der Waals surface area contributed by atoms with Gasteiger partial charge in [-0.05, 0) is 47.0 Å². The lowest BCUT2D eigenvalue weighted by molar-refractivity contribution is -0.125. The third kappa shape index (κ3) is 5.10. The van der Waals surface area contributed by atoms with E-state index in [-0.39, 0.29) is 54.9 Å². The van der Waals surface area contributed by atoms with Crippen LogP contribution in [0.5, 0.6) is 0 Å². The Hall–Kier alpha value is -2.91. The molecule has 2 heterocycles. The van der Waals surface area contributed by atoms with Gasteiger partial charge in [0, 0.05) is 72.4 Å². The van der Waals surface area contributed by atoms with Crippen LogP contribution in [0.1, 0.15) is 39.5 Å². The van der Waals surface area contributed by atoms with Crippen molar-refractivity contribution in [2.75, 3.05) is 0 Å². The number of halogens is 2. The van der Waals surface area contributed by atoms with Crippen molar-refractivity contribution in [2.45, 2.75) is 39.5 Å². The number of ketones is 1. The summed E-state index contributed by atoms with van der Waals surface area (Å²) >= 11 is 2.60. The zero-order valence-electron chi connectivity index (χ0n) is 18.6. The van der Waals surface area contributed by atoms with Crippen LogP contribution in [0, 0.1) is 0 Å². The summed E-state index contributed by atoms with van der Waals surface area (Å²) in [4.78, 5) is 41.4. The Labute approximate surface area is 205 Å². The zero-order valence-corrected chi connectivity index (χ0v) is 20.3. The predicted molar refractivity (Wildman–Crippen MR) is 131 cm³/mol. The summed E-state index contributed by atoms with van der Waals surface area (Å²) in [6.45, 7) is 2.83. The minimum absolute atomic E-state index is 0.0971. The van der Waals surface area contributed by atoms with E-state index in [4.69, 9.17) is 0 Å². The van der Waals surface area contributed by atoms with Crippen molar-refractivity contribution in [1.29, 1.82) is 0 Å². The van der Waals surface area contributed by atoms with Gasteiger partial charge in [-0.15, -0.1) is 0 Å². The van der Waals surface area contributed by atoms with Gasteiger partial charge in [0.25, 0.3) is 0 Å². The normalized spacial score (nSPS) is 20.7. The van der Waals surface area contributed by atoms with Gasteiger partial charge in [0.1, 0.15) is 11.7 Å². The first-order chi connectivity index (χ1) is 16.2. The lowest BCUT2D eigenvalue weighted by atomic mass is 9.85. The second-order valence-electron chi connectivity index (χ2n) is 7.94. The van der Waals surface area contributed by atoms with Crippen molar-refractivity contribution in [3.8, 4) is 0 Å². The largest absolute Gasteiger partial charge is 0.293 e. The fourth-order valence-corrected chi connectivity index (χ4v) is 5.52. The van der Waals surface area contributed by atoms with Crippen molar-refractivity contribution < 1.29 is 23.2 Å². The van der Waals surface area contributed by atoms with Gasteiger partial charge in [-0.1, -0.05) is 23.5 Å². The minimum atomic E-state index is -0.339. The van der Waals surface area contributed by atoms with E-state index in [1.807, 2.05) is 0 Å². The van der Waals surface area contributed by atoms with E-state index < -0.39 is 0 Å². The predicted octanol–water partition coefficient (Wildman–Crippen LogP) is 6.26. The Balaban J connectivity index is 1.81. The summed E-state index contributed by atoms with van der Waals surface area (Å²) in [5, 5.41) is 3.42. The number of carbonyl (C=O) groups is 3. The molecular weight excluding hydrogens is 478 g/mol. The number of allylic oxidation sites excluding steroid dienone is 8. The quantitative estimate of drug-likeness (QED) is 0.456. The maximum absolute atomic E-state index is 14.3. The Bertz CT molecular complexity index is 1130. The number of amides is 2. The van der Waals surface area contributed by atoms with E-state index in [0.717, 1.165) is 0 Å². The number of rotatable bonds is 4. The molecule has 0 aromatic carbocycles.